The van der Waals surface area contributed by atoms with Crippen LogP contribution in [0.25, 0.3) is 0 Å². The fourth-order valence-electron chi connectivity index (χ4n) is 4.46. The highest BCUT2D eigenvalue weighted by Crippen LogP contribution is 2.55. The molecule has 0 spiro atoms. The minimum absolute atomic E-state index is 0.357. The summed E-state index contributed by atoms with van der Waals surface area (Å²) in [7, 11) is 2.24. The summed E-state index contributed by atoms with van der Waals surface area (Å²) in [5, 5.41) is 1.68. The Morgan fingerprint density at radius 3 is 2.64 bits per heavy atom. The highest BCUT2D eigenvalue weighted by molar-refractivity contribution is 6.31. The Kier molecular flexibility index (Phi) is 3.68. The zero-order chi connectivity index (χ0) is 15.3. The van der Waals surface area contributed by atoms with Crippen molar-refractivity contribution < 1.29 is 0 Å². The number of fused-ring (bicyclic) bond motifs is 3. The lowest BCUT2D eigenvalue weighted by Gasteiger charge is -2.37. The van der Waals surface area contributed by atoms with Gasteiger partial charge >= 0.3 is 0 Å². The lowest BCUT2D eigenvalue weighted by atomic mass is 9.80. The van der Waals surface area contributed by atoms with Gasteiger partial charge in [0.05, 0.1) is 0 Å². The van der Waals surface area contributed by atoms with E-state index in [1.165, 1.54) is 36.1 Å². The van der Waals surface area contributed by atoms with E-state index < -0.39 is 0 Å². The molecule has 3 heteroatoms. The Morgan fingerprint density at radius 2 is 1.82 bits per heavy atom. The molecule has 2 aliphatic rings. The molecule has 2 aromatic rings. The molecule has 0 N–H and O–H groups in total. The van der Waals surface area contributed by atoms with Crippen LogP contribution in [0.15, 0.2) is 42.5 Å². The molecule has 1 aliphatic carbocycles. The molecule has 3 unspecified atom stereocenters. The highest BCUT2D eigenvalue weighted by Gasteiger charge is 2.45. The van der Waals surface area contributed by atoms with Crippen LogP contribution >= 0.6 is 23.2 Å². The van der Waals surface area contributed by atoms with Gasteiger partial charge in [-0.15, -0.1) is 0 Å². The van der Waals surface area contributed by atoms with Gasteiger partial charge in [0.1, 0.15) is 0 Å². The zero-order valence-corrected chi connectivity index (χ0v) is 14.1. The number of rotatable bonds is 1. The van der Waals surface area contributed by atoms with E-state index >= 15 is 0 Å². The SMILES string of the molecule is CN1CCCC2C(c3ccccc3Cl)c3cc(Cl)ccc3C21. The fraction of sp³-hybridized carbons (Fsp3) is 0.368. The molecule has 0 aromatic heterocycles. The largest absolute Gasteiger partial charge is 0.299 e. The Balaban J connectivity index is 1.91. The first-order valence-electron chi connectivity index (χ1n) is 7.91. The molecular formula is C19H19Cl2N. The Labute approximate surface area is 141 Å². The Hall–Kier alpha value is -1.02. The number of piperidine rings is 1. The van der Waals surface area contributed by atoms with Crippen molar-refractivity contribution in [2.45, 2.75) is 24.8 Å². The molecule has 2 aromatic carbocycles. The number of halogens is 2. The second kappa shape index (κ2) is 5.56. The molecule has 1 nitrogen and oxygen atoms in total. The quantitative estimate of drug-likeness (QED) is 0.664. The first-order valence-corrected chi connectivity index (χ1v) is 8.66. The fourth-order valence-corrected chi connectivity index (χ4v) is 4.89. The van der Waals surface area contributed by atoms with Gasteiger partial charge in [-0.1, -0.05) is 47.5 Å². The summed E-state index contributed by atoms with van der Waals surface area (Å²) in [5.74, 6) is 0.947. The second-order valence-corrected chi connectivity index (χ2v) is 7.35. The van der Waals surface area contributed by atoms with Crippen LogP contribution < -0.4 is 0 Å². The van der Waals surface area contributed by atoms with E-state index in [0.717, 1.165) is 10.0 Å². The summed E-state index contributed by atoms with van der Waals surface area (Å²) >= 11 is 12.8. The van der Waals surface area contributed by atoms with Crippen LogP contribution in [0.2, 0.25) is 10.0 Å². The summed E-state index contributed by atoms with van der Waals surface area (Å²) in [4.78, 5) is 2.50. The van der Waals surface area contributed by atoms with Gasteiger partial charge in [-0.2, -0.15) is 0 Å². The molecule has 1 aliphatic heterocycles. The van der Waals surface area contributed by atoms with E-state index in [1.54, 1.807) is 0 Å². The average Bonchev–Trinajstić information content (AvgIpc) is 2.82. The van der Waals surface area contributed by atoms with Gasteiger partial charge in [0, 0.05) is 22.0 Å². The van der Waals surface area contributed by atoms with Crippen LogP contribution in [0, 0.1) is 5.92 Å². The molecule has 0 radical (unpaired) electrons. The second-order valence-electron chi connectivity index (χ2n) is 6.50. The van der Waals surface area contributed by atoms with Crippen molar-refractivity contribution in [3.63, 3.8) is 0 Å². The van der Waals surface area contributed by atoms with Gasteiger partial charge in [0.25, 0.3) is 0 Å². The molecule has 1 saturated heterocycles. The molecule has 0 bridgehead atoms. The van der Waals surface area contributed by atoms with E-state index in [4.69, 9.17) is 23.2 Å². The van der Waals surface area contributed by atoms with E-state index in [2.05, 4.69) is 36.2 Å². The number of hydrogen-bond donors (Lipinski definition) is 0. The standard InChI is InChI=1S/C19H19Cl2N/c1-22-10-4-6-15-18(14-5-2-3-7-17(14)21)16-11-12(20)8-9-13(16)19(15)22/h2-3,5,7-9,11,15,18-19H,4,6,10H2,1H3. The summed E-state index contributed by atoms with van der Waals surface area (Å²) in [6, 6.07) is 15.1. The summed E-state index contributed by atoms with van der Waals surface area (Å²) < 4.78 is 0. The van der Waals surface area contributed by atoms with E-state index in [9.17, 15) is 0 Å². The summed E-state index contributed by atoms with van der Waals surface area (Å²) in [6.45, 7) is 1.17. The monoisotopic (exact) mass is 331 g/mol. The van der Waals surface area contributed by atoms with Crippen molar-refractivity contribution in [1.29, 1.82) is 0 Å². The van der Waals surface area contributed by atoms with Gasteiger partial charge in [0.15, 0.2) is 0 Å². The minimum Gasteiger partial charge on any atom is -0.299 e. The normalized spacial score (nSPS) is 27.5. The van der Waals surface area contributed by atoms with Crippen molar-refractivity contribution >= 4 is 23.2 Å². The van der Waals surface area contributed by atoms with E-state index in [0.29, 0.717) is 17.9 Å². The number of hydrogen-bond acceptors (Lipinski definition) is 1. The molecule has 3 atom stereocenters. The van der Waals surface area contributed by atoms with Gasteiger partial charge in [-0.05, 0) is 67.2 Å². The maximum Gasteiger partial charge on any atom is 0.0444 e. The molecule has 1 fully saturated rings. The van der Waals surface area contributed by atoms with Crippen molar-refractivity contribution in [2.75, 3.05) is 13.6 Å². The first-order chi connectivity index (χ1) is 10.7. The highest BCUT2D eigenvalue weighted by atomic mass is 35.5. The van der Waals surface area contributed by atoms with Crippen molar-refractivity contribution in [2.24, 2.45) is 5.92 Å². The Morgan fingerprint density at radius 1 is 1.00 bits per heavy atom. The third-order valence-electron chi connectivity index (χ3n) is 5.30. The molecule has 4 rings (SSSR count). The van der Waals surface area contributed by atoms with E-state index in [1.807, 2.05) is 18.2 Å². The van der Waals surface area contributed by atoms with Gasteiger partial charge in [-0.3, -0.25) is 4.90 Å². The third-order valence-corrected chi connectivity index (χ3v) is 5.88. The molecule has 114 valence electrons. The predicted octanol–water partition coefficient (Wildman–Crippen LogP) is 5.52. The molecule has 22 heavy (non-hydrogen) atoms. The first kappa shape index (κ1) is 14.6. The Bertz CT molecular complexity index is 712. The number of likely N-dealkylation sites (tertiary alicyclic amines) is 1. The zero-order valence-electron chi connectivity index (χ0n) is 12.6. The van der Waals surface area contributed by atoms with Gasteiger partial charge in [0.2, 0.25) is 0 Å². The van der Waals surface area contributed by atoms with Crippen LogP contribution in [0.3, 0.4) is 0 Å². The van der Waals surface area contributed by atoms with Gasteiger partial charge < -0.3 is 0 Å². The molecule has 0 amide bonds. The predicted molar refractivity (Wildman–Crippen MR) is 92.8 cm³/mol. The summed E-state index contributed by atoms with van der Waals surface area (Å²) in [5.41, 5.74) is 4.04. The van der Waals surface area contributed by atoms with Crippen molar-refractivity contribution in [1.82, 2.24) is 4.90 Å². The van der Waals surface area contributed by atoms with Gasteiger partial charge in [-0.25, -0.2) is 0 Å². The average molecular weight is 332 g/mol. The maximum atomic E-state index is 6.53. The van der Waals surface area contributed by atoms with Crippen LogP contribution in [-0.2, 0) is 0 Å². The molecule has 1 heterocycles. The summed E-state index contributed by atoms with van der Waals surface area (Å²) in [6.07, 6.45) is 2.50. The maximum absolute atomic E-state index is 6.53. The molecule has 0 saturated carbocycles. The van der Waals surface area contributed by atoms with Crippen LogP contribution in [0.5, 0.6) is 0 Å². The lowest BCUT2D eigenvalue weighted by Crippen LogP contribution is -2.34. The smallest absolute Gasteiger partial charge is 0.0444 e. The minimum atomic E-state index is 0.357. The van der Waals surface area contributed by atoms with Crippen LogP contribution in [0.4, 0.5) is 0 Å². The number of nitrogens with zero attached hydrogens (tertiary/aromatic N) is 1. The van der Waals surface area contributed by atoms with Crippen molar-refractivity contribution in [3.05, 3.63) is 69.2 Å². The van der Waals surface area contributed by atoms with Crippen molar-refractivity contribution in [3.8, 4) is 0 Å². The lowest BCUT2D eigenvalue weighted by molar-refractivity contribution is 0.127. The van der Waals surface area contributed by atoms with Crippen LogP contribution in [-0.4, -0.2) is 18.5 Å². The third kappa shape index (κ3) is 2.19. The topological polar surface area (TPSA) is 3.24 Å². The number of benzene rings is 2. The molecular weight excluding hydrogens is 313 g/mol. The van der Waals surface area contributed by atoms with Crippen LogP contribution in [0.1, 0.15) is 41.5 Å². The van der Waals surface area contributed by atoms with E-state index in [-0.39, 0.29) is 0 Å².